The number of piperidine rings is 1. The number of methoxy groups -OCH3 is 1. The zero-order valence-electron chi connectivity index (χ0n) is 20.9. The predicted octanol–water partition coefficient (Wildman–Crippen LogP) is 6.02. The fourth-order valence-corrected chi connectivity index (χ4v) is 4.50. The molecular weight excluding hydrogens is 448 g/mol. The summed E-state index contributed by atoms with van der Waals surface area (Å²) < 4.78 is 35.7. The number of nitrogens with zero attached hydrogens (tertiary/aromatic N) is 2. The van der Waals surface area contributed by atoms with Crippen molar-refractivity contribution >= 4 is 17.2 Å². The Balaban J connectivity index is 1.86. The Morgan fingerprint density at radius 1 is 1.17 bits per heavy atom. The second-order valence-corrected chi connectivity index (χ2v) is 9.42. The molecule has 0 spiro atoms. The minimum atomic E-state index is -0.630. The smallest absolute Gasteiger partial charge is 0.154 e. The van der Waals surface area contributed by atoms with Crippen molar-refractivity contribution in [2.75, 3.05) is 30.8 Å². The minimum Gasteiger partial charge on any atom is -0.496 e. The summed E-state index contributed by atoms with van der Waals surface area (Å²) in [5.41, 5.74) is 3.08. The highest BCUT2D eigenvalue weighted by atomic mass is 19.1. The maximum absolute atomic E-state index is 15.5. The molecule has 4 rings (SSSR count). The quantitative estimate of drug-likeness (QED) is 0.384. The van der Waals surface area contributed by atoms with Crippen molar-refractivity contribution in [2.45, 2.75) is 46.1 Å². The van der Waals surface area contributed by atoms with Crippen LogP contribution in [0.4, 0.5) is 26.0 Å². The van der Waals surface area contributed by atoms with Crippen molar-refractivity contribution in [1.82, 2.24) is 15.3 Å². The Labute approximate surface area is 205 Å². The van der Waals surface area contributed by atoms with Crippen LogP contribution in [-0.2, 0) is 0 Å². The third kappa shape index (κ3) is 5.22. The summed E-state index contributed by atoms with van der Waals surface area (Å²) in [6, 6.07) is 7.85. The van der Waals surface area contributed by atoms with Gasteiger partial charge in [-0.3, -0.25) is 4.98 Å². The maximum atomic E-state index is 15.5. The van der Waals surface area contributed by atoms with Crippen LogP contribution in [0, 0.1) is 24.5 Å². The Morgan fingerprint density at radius 3 is 2.69 bits per heavy atom. The van der Waals surface area contributed by atoms with E-state index in [1.807, 2.05) is 13.0 Å². The van der Waals surface area contributed by atoms with E-state index in [1.165, 1.54) is 25.3 Å². The highest BCUT2D eigenvalue weighted by Crippen LogP contribution is 2.38. The molecule has 1 aliphatic heterocycles. The number of hydrogen-bond donors (Lipinski definition) is 3. The second kappa shape index (κ2) is 10.6. The molecule has 8 heteroatoms. The van der Waals surface area contributed by atoms with Gasteiger partial charge in [-0.05, 0) is 62.0 Å². The number of hydrogen-bond acceptors (Lipinski definition) is 6. The number of halogens is 2. The molecule has 6 nitrogen and oxygen atoms in total. The molecule has 3 N–H and O–H groups in total. The van der Waals surface area contributed by atoms with Gasteiger partial charge < -0.3 is 20.7 Å². The predicted molar refractivity (Wildman–Crippen MR) is 137 cm³/mol. The highest BCUT2D eigenvalue weighted by molar-refractivity contribution is 5.79. The van der Waals surface area contributed by atoms with Crippen LogP contribution in [0.5, 0.6) is 5.75 Å². The zero-order valence-corrected chi connectivity index (χ0v) is 20.9. The maximum Gasteiger partial charge on any atom is 0.154 e. The van der Waals surface area contributed by atoms with E-state index in [2.05, 4.69) is 46.7 Å². The van der Waals surface area contributed by atoms with Gasteiger partial charge in [0.25, 0.3) is 0 Å². The molecule has 1 aliphatic rings. The molecule has 1 saturated heterocycles. The lowest BCUT2D eigenvalue weighted by atomic mass is 9.95. The van der Waals surface area contributed by atoms with E-state index in [0.717, 1.165) is 36.5 Å². The first kappa shape index (κ1) is 24.9. The monoisotopic (exact) mass is 481 g/mol. The van der Waals surface area contributed by atoms with Gasteiger partial charge in [-0.25, -0.2) is 13.8 Å². The number of anilines is 3. The molecule has 2 unspecified atom stereocenters. The topological polar surface area (TPSA) is 71.1 Å². The van der Waals surface area contributed by atoms with Crippen molar-refractivity contribution in [3.63, 3.8) is 0 Å². The van der Waals surface area contributed by atoms with Gasteiger partial charge in [0.1, 0.15) is 17.3 Å². The molecule has 0 bridgehead atoms. The minimum absolute atomic E-state index is 0.00988. The molecule has 35 heavy (non-hydrogen) atoms. The SMILES string of the molecule is COc1cccc(F)c1-c1nc(Nc2c(C)ccnc2C(C)C)c(NC2CCNCC2C)cc1F. The lowest BCUT2D eigenvalue weighted by Crippen LogP contribution is -2.42. The van der Waals surface area contributed by atoms with Gasteiger partial charge in [-0.15, -0.1) is 0 Å². The average molecular weight is 482 g/mol. The first-order valence-electron chi connectivity index (χ1n) is 12.0. The van der Waals surface area contributed by atoms with E-state index >= 15 is 4.39 Å². The van der Waals surface area contributed by atoms with Gasteiger partial charge in [-0.2, -0.15) is 0 Å². The van der Waals surface area contributed by atoms with Crippen LogP contribution in [-0.4, -0.2) is 36.2 Å². The summed E-state index contributed by atoms with van der Waals surface area (Å²) in [5.74, 6) is -0.0991. The number of pyridine rings is 2. The van der Waals surface area contributed by atoms with Crippen LogP contribution in [0.15, 0.2) is 36.5 Å². The summed E-state index contributed by atoms with van der Waals surface area (Å²) in [6.07, 6.45) is 2.67. The summed E-state index contributed by atoms with van der Waals surface area (Å²) in [4.78, 5) is 9.19. The molecule has 0 amide bonds. The number of aromatic nitrogens is 2. The van der Waals surface area contributed by atoms with Crippen LogP contribution < -0.4 is 20.7 Å². The molecule has 2 aromatic heterocycles. The van der Waals surface area contributed by atoms with Gasteiger partial charge in [0.2, 0.25) is 0 Å². The average Bonchev–Trinajstić information content (AvgIpc) is 2.83. The summed E-state index contributed by atoms with van der Waals surface area (Å²) in [7, 11) is 1.43. The second-order valence-electron chi connectivity index (χ2n) is 9.42. The van der Waals surface area contributed by atoms with Gasteiger partial charge in [0.05, 0.1) is 29.7 Å². The van der Waals surface area contributed by atoms with Crippen molar-refractivity contribution in [1.29, 1.82) is 0 Å². The third-order valence-electron chi connectivity index (χ3n) is 6.51. The van der Waals surface area contributed by atoms with E-state index in [0.29, 0.717) is 17.4 Å². The number of benzene rings is 1. The van der Waals surface area contributed by atoms with Gasteiger partial charge in [0, 0.05) is 18.3 Å². The van der Waals surface area contributed by atoms with Crippen LogP contribution in [0.3, 0.4) is 0 Å². The first-order chi connectivity index (χ1) is 16.8. The van der Waals surface area contributed by atoms with Crippen LogP contribution in [0.1, 0.15) is 44.4 Å². The Kier molecular flexibility index (Phi) is 7.50. The molecule has 0 radical (unpaired) electrons. The summed E-state index contributed by atoms with van der Waals surface area (Å²) >= 11 is 0. The standard InChI is InChI=1S/C27H33F2N5O/c1-15(2)24-25(16(3)9-12-31-24)33-27-21(32-20-10-11-30-14-17(20)4)13-19(29)26(34-27)23-18(28)7-6-8-22(23)35-5/h6-9,12-13,15,17,20,30,32H,10-11,14H2,1-5H3,(H,33,34). The molecule has 1 fully saturated rings. The Hall–Kier alpha value is -3.26. The van der Waals surface area contributed by atoms with Gasteiger partial charge in [-0.1, -0.05) is 26.8 Å². The Bertz CT molecular complexity index is 1200. The van der Waals surface area contributed by atoms with E-state index < -0.39 is 11.6 Å². The number of rotatable bonds is 7. The van der Waals surface area contributed by atoms with Crippen molar-refractivity contribution in [3.8, 4) is 17.0 Å². The number of ether oxygens (including phenoxy) is 1. The van der Waals surface area contributed by atoms with Crippen molar-refractivity contribution in [2.24, 2.45) is 5.92 Å². The highest BCUT2D eigenvalue weighted by Gasteiger charge is 2.25. The molecule has 0 saturated carbocycles. The van der Waals surface area contributed by atoms with E-state index in [1.54, 1.807) is 12.3 Å². The Morgan fingerprint density at radius 2 is 1.97 bits per heavy atom. The van der Waals surface area contributed by atoms with Crippen LogP contribution in [0.2, 0.25) is 0 Å². The number of nitrogens with one attached hydrogen (secondary N) is 3. The fourth-order valence-electron chi connectivity index (χ4n) is 4.50. The molecule has 186 valence electrons. The van der Waals surface area contributed by atoms with Gasteiger partial charge >= 0.3 is 0 Å². The molecule has 0 aliphatic carbocycles. The first-order valence-corrected chi connectivity index (χ1v) is 12.0. The molecule has 2 atom stereocenters. The molecular formula is C27H33F2N5O. The van der Waals surface area contributed by atoms with Crippen molar-refractivity contribution in [3.05, 3.63) is 59.4 Å². The van der Waals surface area contributed by atoms with E-state index in [9.17, 15) is 4.39 Å². The normalized spacial score (nSPS) is 17.9. The molecule has 1 aromatic carbocycles. The van der Waals surface area contributed by atoms with E-state index in [-0.39, 0.29) is 29.0 Å². The van der Waals surface area contributed by atoms with Gasteiger partial charge in [0.15, 0.2) is 11.6 Å². The third-order valence-corrected chi connectivity index (χ3v) is 6.51. The largest absolute Gasteiger partial charge is 0.496 e. The fraction of sp³-hybridized carbons (Fsp3) is 0.407. The van der Waals surface area contributed by atoms with Crippen molar-refractivity contribution < 1.29 is 13.5 Å². The molecule has 3 heterocycles. The summed E-state index contributed by atoms with van der Waals surface area (Å²) in [6.45, 7) is 10.0. The zero-order chi connectivity index (χ0) is 25.1. The van der Waals surface area contributed by atoms with E-state index in [4.69, 9.17) is 4.74 Å². The lowest BCUT2D eigenvalue weighted by Gasteiger charge is -2.32. The van der Waals surface area contributed by atoms with Crippen LogP contribution in [0.25, 0.3) is 11.3 Å². The lowest BCUT2D eigenvalue weighted by molar-refractivity contribution is 0.368. The van der Waals surface area contributed by atoms with Crippen LogP contribution >= 0.6 is 0 Å². The molecule has 3 aromatic rings. The summed E-state index contributed by atoms with van der Waals surface area (Å²) in [5, 5.41) is 10.3. The number of aryl methyl sites for hydroxylation is 1.